The van der Waals surface area contributed by atoms with Gasteiger partial charge >= 0.3 is 5.97 Å². The van der Waals surface area contributed by atoms with Crippen LogP contribution >= 0.6 is 0 Å². The van der Waals surface area contributed by atoms with Gasteiger partial charge in [-0.05, 0) is 38.0 Å². The summed E-state index contributed by atoms with van der Waals surface area (Å²) in [4.78, 5) is 10.9. The summed E-state index contributed by atoms with van der Waals surface area (Å²) in [5, 5.41) is 8.47. The van der Waals surface area contributed by atoms with E-state index in [0.29, 0.717) is 12.3 Å². The van der Waals surface area contributed by atoms with Gasteiger partial charge in [-0.15, -0.1) is 0 Å². The lowest BCUT2D eigenvalue weighted by Gasteiger charge is -2.30. The van der Waals surface area contributed by atoms with E-state index in [1.54, 1.807) is 0 Å². The van der Waals surface area contributed by atoms with Crippen LogP contribution in [0.1, 0.15) is 51.9 Å². The first-order chi connectivity index (χ1) is 7.24. The molecular formula is C12H19NO2. The molecule has 0 bridgehead atoms. The maximum Gasteiger partial charge on any atom is 0.302 e. The predicted octanol–water partition coefficient (Wildman–Crippen LogP) is 2.80. The first-order valence-corrected chi connectivity index (χ1v) is 5.78. The van der Waals surface area contributed by atoms with E-state index in [0.717, 1.165) is 32.1 Å². The Morgan fingerprint density at radius 3 is 2.87 bits per heavy atom. The number of hydrogen-bond acceptors (Lipinski definition) is 3. The van der Waals surface area contributed by atoms with Crippen LogP contribution in [0.25, 0.3) is 0 Å². The molecule has 2 atom stereocenters. The molecule has 84 valence electrons. The highest BCUT2D eigenvalue weighted by molar-refractivity contribution is 5.66. The number of unbranched alkanes of at least 4 members (excludes halogenated alkanes) is 1. The van der Waals surface area contributed by atoms with Crippen LogP contribution in [0.5, 0.6) is 0 Å². The minimum absolute atomic E-state index is 0.106. The monoisotopic (exact) mass is 209 g/mol. The van der Waals surface area contributed by atoms with E-state index in [4.69, 9.17) is 10.00 Å². The minimum Gasteiger partial charge on any atom is -0.462 e. The molecule has 1 rings (SSSR count). The van der Waals surface area contributed by atoms with Crippen molar-refractivity contribution in [1.82, 2.24) is 0 Å². The molecule has 0 aliphatic heterocycles. The number of esters is 1. The van der Waals surface area contributed by atoms with Gasteiger partial charge in [-0.25, -0.2) is 0 Å². The van der Waals surface area contributed by atoms with E-state index in [1.165, 1.54) is 13.3 Å². The van der Waals surface area contributed by atoms with Crippen LogP contribution in [-0.4, -0.2) is 12.1 Å². The van der Waals surface area contributed by atoms with Crippen molar-refractivity contribution in [2.75, 3.05) is 0 Å². The molecule has 0 heterocycles. The highest BCUT2D eigenvalue weighted by Gasteiger charge is 2.26. The summed E-state index contributed by atoms with van der Waals surface area (Å²) >= 11 is 0. The molecule has 0 radical (unpaired) electrons. The average Bonchev–Trinajstić information content (AvgIpc) is 2.20. The zero-order chi connectivity index (χ0) is 11.1. The van der Waals surface area contributed by atoms with Crippen molar-refractivity contribution in [1.29, 1.82) is 5.26 Å². The normalized spacial score (nSPS) is 25.6. The minimum atomic E-state index is -0.174. The molecule has 0 aromatic rings. The second-order valence-electron chi connectivity index (χ2n) is 4.24. The van der Waals surface area contributed by atoms with Gasteiger partial charge in [-0.1, -0.05) is 6.42 Å². The Balaban J connectivity index is 2.36. The van der Waals surface area contributed by atoms with Crippen LogP contribution in [0.3, 0.4) is 0 Å². The largest absolute Gasteiger partial charge is 0.462 e. The number of carbonyl (C=O) groups is 1. The summed E-state index contributed by atoms with van der Waals surface area (Å²) < 4.78 is 5.31. The van der Waals surface area contributed by atoms with Crippen molar-refractivity contribution in [2.24, 2.45) is 5.92 Å². The quantitative estimate of drug-likeness (QED) is 0.528. The topological polar surface area (TPSA) is 50.1 Å². The third-order valence-corrected chi connectivity index (χ3v) is 3.02. The molecule has 0 N–H and O–H groups in total. The highest BCUT2D eigenvalue weighted by Crippen LogP contribution is 2.30. The molecule has 1 aliphatic carbocycles. The van der Waals surface area contributed by atoms with Crippen LogP contribution in [0, 0.1) is 17.2 Å². The number of nitriles is 1. The Hall–Kier alpha value is -1.04. The number of carbonyl (C=O) groups excluding carboxylic acids is 1. The molecule has 0 aromatic heterocycles. The summed E-state index contributed by atoms with van der Waals surface area (Å²) in [5.74, 6) is 0.309. The average molecular weight is 209 g/mol. The molecule has 3 nitrogen and oxygen atoms in total. The van der Waals surface area contributed by atoms with E-state index >= 15 is 0 Å². The lowest BCUT2D eigenvalue weighted by molar-refractivity contribution is -0.151. The Morgan fingerprint density at radius 1 is 1.47 bits per heavy atom. The number of rotatable bonds is 4. The van der Waals surface area contributed by atoms with Crippen molar-refractivity contribution in [3.63, 3.8) is 0 Å². The Bertz CT molecular complexity index is 244. The standard InChI is InChI=1S/C12H19NO2/c1-10(14)15-12-8-3-2-6-11(12)7-4-5-9-13/h11-12H,2-8H2,1H3. The van der Waals surface area contributed by atoms with Crippen molar-refractivity contribution in [3.8, 4) is 6.07 Å². The van der Waals surface area contributed by atoms with Crippen LogP contribution in [-0.2, 0) is 9.53 Å². The van der Waals surface area contributed by atoms with Gasteiger partial charge in [0.25, 0.3) is 0 Å². The van der Waals surface area contributed by atoms with Gasteiger partial charge in [0, 0.05) is 13.3 Å². The highest BCUT2D eigenvalue weighted by atomic mass is 16.5. The fourth-order valence-electron chi connectivity index (χ4n) is 2.32. The van der Waals surface area contributed by atoms with E-state index in [9.17, 15) is 4.79 Å². The molecule has 3 heteroatoms. The molecule has 0 spiro atoms. The van der Waals surface area contributed by atoms with Gasteiger partial charge in [0.2, 0.25) is 0 Å². The lowest BCUT2D eigenvalue weighted by atomic mass is 9.83. The molecular weight excluding hydrogens is 190 g/mol. The van der Waals surface area contributed by atoms with Crippen LogP contribution in [0.4, 0.5) is 0 Å². The Morgan fingerprint density at radius 2 is 2.20 bits per heavy atom. The van der Waals surface area contributed by atoms with Crippen molar-refractivity contribution < 1.29 is 9.53 Å². The molecule has 0 saturated heterocycles. The van der Waals surface area contributed by atoms with Crippen molar-refractivity contribution in [2.45, 2.75) is 58.0 Å². The molecule has 1 saturated carbocycles. The third kappa shape index (κ3) is 4.33. The molecule has 0 amide bonds. The summed E-state index contributed by atoms with van der Waals surface area (Å²) in [6.07, 6.45) is 7.20. The number of hydrogen-bond donors (Lipinski definition) is 0. The second kappa shape index (κ2) is 6.44. The van der Waals surface area contributed by atoms with Crippen LogP contribution < -0.4 is 0 Å². The van der Waals surface area contributed by atoms with Gasteiger partial charge in [0.15, 0.2) is 0 Å². The Labute approximate surface area is 91.4 Å². The first kappa shape index (κ1) is 12.0. The summed E-state index contributed by atoms with van der Waals surface area (Å²) in [6, 6.07) is 2.16. The smallest absolute Gasteiger partial charge is 0.302 e. The molecule has 0 aromatic carbocycles. The maximum absolute atomic E-state index is 10.9. The van der Waals surface area contributed by atoms with Crippen molar-refractivity contribution in [3.05, 3.63) is 0 Å². The molecule has 1 fully saturated rings. The molecule has 15 heavy (non-hydrogen) atoms. The van der Waals surface area contributed by atoms with Crippen LogP contribution in [0.15, 0.2) is 0 Å². The predicted molar refractivity (Wildman–Crippen MR) is 57.0 cm³/mol. The fourth-order valence-corrected chi connectivity index (χ4v) is 2.32. The fraction of sp³-hybridized carbons (Fsp3) is 0.833. The van der Waals surface area contributed by atoms with Gasteiger partial charge in [0.05, 0.1) is 6.07 Å². The van der Waals surface area contributed by atoms with E-state index < -0.39 is 0 Å². The lowest BCUT2D eigenvalue weighted by Crippen LogP contribution is -2.29. The van der Waals surface area contributed by atoms with E-state index in [1.807, 2.05) is 0 Å². The van der Waals surface area contributed by atoms with Gasteiger partial charge in [0.1, 0.15) is 6.10 Å². The van der Waals surface area contributed by atoms with Crippen molar-refractivity contribution >= 4 is 5.97 Å². The zero-order valence-corrected chi connectivity index (χ0v) is 9.37. The third-order valence-electron chi connectivity index (χ3n) is 3.02. The summed E-state index contributed by atoms with van der Waals surface area (Å²) in [5.41, 5.74) is 0. The van der Waals surface area contributed by atoms with Crippen LogP contribution in [0.2, 0.25) is 0 Å². The zero-order valence-electron chi connectivity index (χ0n) is 9.37. The summed E-state index contributed by atoms with van der Waals surface area (Å²) in [7, 11) is 0. The van der Waals surface area contributed by atoms with E-state index in [2.05, 4.69) is 6.07 Å². The van der Waals surface area contributed by atoms with Gasteiger partial charge in [-0.3, -0.25) is 4.79 Å². The number of nitrogens with zero attached hydrogens (tertiary/aromatic N) is 1. The van der Waals surface area contributed by atoms with Gasteiger partial charge < -0.3 is 4.74 Å². The Kier molecular flexibility index (Phi) is 5.17. The number of ether oxygens (including phenoxy) is 1. The SMILES string of the molecule is CC(=O)OC1CCCCC1CCCC#N. The molecule has 2 unspecified atom stereocenters. The molecule has 1 aliphatic rings. The summed E-state index contributed by atoms with van der Waals surface area (Å²) in [6.45, 7) is 1.47. The van der Waals surface area contributed by atoms with E-state index in [-0.39, 0.29) is 12.1 Å². The maximum atomic E-state index is 10.9. The second-order valence-corrected chi connectivity index (χ2v) is 4.24. The van der Waals surface area contributed by atoms with Gasteiger partial charge in [-0.2, -0.15) is 5.26 Å². The first-order valence-electron chi connectivity index (χ1n) is 5.78.